The molecule has 1 saturated heterocycles. The number of carboxylic acid groups (broad SMARTS) is 1. The number of amides is 1. The van der Waals surface area contributed by atoms with Crippen LogP contribution in [0.15, 0.2) is 0 Å². The minimum atomic E-state index is -0.738. The fourth-order valence-electron chi connectivity index (χ4n) is 2.68. The molecule has 1 atom stereocenters. The maximum Gasteiger partial charge on any atom is 0.303 e. The Morgan fingerprint density at radius 3 is 2.42 bits per heavy atom. The molecule has 5 heteroatoms. The van der Waals surface area contributed by atoms with Crippen molar-refractivity contribution in [1.82, 2.24) is 10.2 Å². The van der Waals surface area contributed by atoms with Crippen molar-refractivity contribution in [2.24, 2.45) is 5.92 Å². The van der Waals surface area contributed by atoms with E-state index in [9.17, 15) is 9.59 Å². The zero-order valence-corrected chi connectivity index (χ0v) is 11.6. The van der Waals surface area contributed by atoms with Crippen LogP contribution in [0.2, 0.25) is 0 Å². The number of nitrogens with one attached hydrogen (secondary N) is 1. The van der Waals surface area contributed by atoms with Crippen LogP contribution < -0.4 is 5.32 Å². The van der Waals surface area contributed by atoms with Crippen molar-refractivity contribution in [3.8, 4) is 0 Å². The van der Waals surface area contributed by atoms with Gasteiger partial charge in [-0.1, -0.05) is 0 Å². The molecular weight excluding hydrogens is 244 g/mol. The molecule has 1 heterocycles. The minimum Gasteiger partial charge on any atom is -0.481 e. The van der Waals surface area contributed by atoms with Crippen molar-refractivity contribution in [2.75, 3.05) is 13.1 Å². The van der Waals surface area contributed by atoms with Crippen molar-refractivity contribution in [1.29, 1.82) is 0 Å². The molecule has 0 aromatic carbocycles. The Kier molecular flexibility index (Phi) is 4.80. The van der Waals surface area contributed by atoms with Crippen LogP contribution in [0.3, 0.4) is 0 Å². The summed E-state index contributed by atoms with van der Waals surface area (Å²) in [6, 6.07) is 0.652. The lowest BCUT2D eigenvalue weighted by Crippen LogP contribution is -2.47. The number of nitrogens with zero attached hydrogens (tertiary/aromatic N) is 1. The first-order valence-corrected chi connectivity index (χ1v) is 7.33. The Balaban J connectivity index is 1.65. The van der Waals surface area contributed by atoms with Gasteiger partial charge in [-0.2, -0.15) is 0 Å². The lowest BCUT2D eigenvalue weighted by Gasteiger charge is -2.34. The molecule has 0 spiro atoms. The van der Waals surface area contributed by atoms with Gasteiger partial charge < -0.3 is 15.3 Å². The summed E-state index contributed by atoms with van der Waals surface area (Å²) < 4.78 is 0. The van der Waals surface area contributed by atoms with E-state index in [1.54, 1.807) is 0 Å². The average Bonchev–Trinajstić information content (AvgIpc) is 3.21. The number of hydrogen-bond donors (Lipinski definition) is 2. The highest BCUT2D eigenvalue weighted by Crippen LogP contribution is 2.31. The third-order valence-electron chi connectivity index (χ3n) is 4.04. The molecule has 2 fully saturated rings. The lowest BCUT2D eigenvalue weighted by atomic mass is 10.0. The highest BCUT2D eigenvalue weighted by molar-refractivity contribution is 5.81. The standard InChI is InChI=1S/C14H24N2O3/c1-10(2-5-13(17)18)15-12-6-8-16(9-7-12)14(19)11-3-4-11/h10-12,15H,2-9H2,1H3,(H,17,18). The van der Waals surface area contributed by atoms with Gasteiger partial charge in [0.1, 0.15) is 0 Å². The molecule has 108 valence electrons. The van der Waals surface area contributed by atoms with E-state index in [2.05, 4.69) is 5.32 Å². The average molecular weight is 268 g/mol. The molecule has 2 rings (SSSR count). The second-order valence-corrected chi connectivity index (χ2v) is 5.87. The van der Waals surface area contributed by atoms with Crippen molar-refractivity contribution in [3.05, 3.63) is 0 Å². The minimum absolute atomic E-state index is 0.215. The van der Waals surface area contributed by atoms with Crippen molar-refractivity contribution in [3.63, 3.8) is 0 Å². The van der Waals surface area contributed by atoms with Gasteiger partial charge >= 0.3 is 5.97 Å². The Hall–Kier alpha value is -1.10. The van der Waals surface area contributed by atoms with Crippen LogP contribution in [0.1, 0.15) is 45.4 Å². The van der Waals surface area contributed by atoms with Crippen LogP contribution in [0.5, 0.6) is 0 Å². The van der Waals surface area contributed by atoms with E-state index in [0.29, 0.717) is 24.3 Å². The van der Waals surface area contributed by atoms with Gasteiger partial charge in [0, 0.05) is 37.5 Å². The Bertz CT molecular complexity index is 334. The van der Waals surface area contributed by atoms with Crippen LogP contribution in [-0.4, -0.2) is 47.1 Å². The monoisotopic (exact) mass is 268 g/mol. The summed E-state index contributed by atoms with van der Waals surface area (Å²) in [5.74, 6) is -0.0742. The van der Waals surface area contributed by atoms with Crippen LogP contribution >= 0.6 is 0 Å². The van der Waals surface area contributed by atoms with Crippen molar-refractivity contribution < 1.29 is 14.7 Å². The Labute approximate surface area is 114 Å². The molecular formula is C14H24N2O3. The van der Waals surface area contributed by atoms with E-state index in [1.807, 2.05) is 11.8 Å². The summed E-state index contributed by atoms with van der Waals surface area (Å²) in [7, 11) is 0. The van der Waals surface area contributed by atoms with E-state index in [1.165, 1.54) is 0 Å². The van der Waals surface area contributed by atoms with Gasteiger partial charge in [0.05, 0.1) is 0 Å². The molecule has 0 aromatic rings. The predicted octanol–water partition coefficient (Wildman–Crippen LogP) is 1.23. The van der Waals surface area contributed by atoms with Gasteiger partial charge in [0.15, 0.2) is 0 Å². The number of aliphatic carboxylic acids is 1. The highest BCUT2D eigenvalue weighted by atomic mass is 16.4. The molecule has 1 unspecified atom stereocenters. The van der Waals surface area contributed by atoms with Gasteiger partial charge in [-0.3, -0.25) is 9.59 Å². The van der Waals surface area contributed by atoms with Crippen LogP contribution in [-0.2, 0) is 9.59 Å². The third-order valence-corrected chi connectivity index (χ3v) is 4.04. The number of hydrogen-bond acceptors (Lipinski definition) is 3. The van der Waals surface area contributed by atoms with Crippen LogP contribution in [0.4, 0.5) is 0 Å². The Morgan fingerprint density at radius 2 is 1.89 bits per heavy atom. The van der Waals surface area contributed by atoms with Gasteiger partial charge in [0.2, 0.25) is 5.91 Å². The quantitative estimate of drug-likeness (QED) is 0.760. The van der Waals surface area contributed by atoms with Gasteiger partial charge in [-0.25, -0.2) is 0 Å². The molecule has 2 N–H and O–H groups in total. The second-order valence-electron chi connectivity index (χ2n) is 5.87. The van der Waals surface area contributed by atoms with E-state index in [0.717, 1.165) is 38.8 Å². The molecule has 1 aliphatic carbocycles. The number of carbonyl (C=O) groups excluding carboxylic acids is 1. The topological polar surface area (TPSA) is 69.6 Å². The van der Waals surface area contributed by atoms with E-state index >= 15 is 0 Å². The SMILES string of the molecule is CC(CCC(=O)O)NC1CCN(C(=O)C2CC2)CC1. The number of likely N-dealkylation sites (tertiary alicyclic amines) is 1. The predicted molar refractivity (Wildman–Crippen MR) is 71.8 cm³/mol. The van der Waals surface area contributed by atoms with E-state index in [4.69, 9.17) is 5.11 Å². The second kappa shape index (κ2) is 6.37. The molecule has 5 nitrogen and oxygen atoms in total. The zero-order chi connectivity index (χ0) is 13.8. The molecule has 0 radical (unpaired) electrons. The summed E-state index contributed by atoms with van der Waals surface area (Å²) in [6.45, 7) is 3.72. The fourth-order valence-corrected chi connectivity index (χ4v) is 2.68. The maximum absolute atomic E-state index is 11.9. The van der Waals surface area contributed by atoms with Crippen LogP contribution in [0.25, 0.3) is 0 Å². The molecule has 1 amide bonds. The number of carboxylic acids is 1. The van der Waals surface area contributed by atoms with Crippen molar-refractivity contribution in [2.45, 2.75) is 57.5 Å². The third kappa shape index (κ3) is 4.49. The maximum atomic E-state index is 11.9. The first kappa shape index (κ1) is 14.3. The highest BCUT2D eigenvalue weighted by Gasteiger charge is 2.34. The lowest BCUT2D eigenvalue weighted by molar-refractivity contribution is -0.137. The number of piperidine rings is 1. The van der Waals surface area contributed by atoms with E-state index < -0.39 is 5.97 Å². The fraction of sp³-hybridized carbons (Fsp3) is 0.857. The first-order valence-electron chi connectivity index (χ1n) is 7.33. The van der Waals surface area contributed by atoms with Gasteiger partial charge in [-0.15, -0.1) is 0 Å². The summed E-state index contributed by atoms with van der Waals surface area (Å²) in [5, 5.41) is 12.1. The smallest absolute Gasteiger partial charge is 0.303 e. The number of rotatable bonds is 6. The molecule has 1 aliphatic heterocycles. The van der Waals surface area contributed by atoms with Crippen molar-refractivity contribution >= 4 is 11.9 Å². The van der Waals surface area contributed by atoms with Gasteiger partial charge in [-0.05, 0) is 39.0 Å². The Morgan fingerprint density at radius 1 is 1.26 bits per heavy atom. The molecule has 0 aromatic heterocycles. The number of carbonyl (C=O) groups is 2. The van der Waals surface area contributed by atoms with E-state index in [-0.39, 0.29) is 12.5 Å². The van der Waals surface area contributed by atoms with Gasteiger partial charge in [0.25, 0.3) is 0 Å². The molecule has 0 bridgehead atoms. The normalized spacial score (nSPS) is 22.3. The summed E-state index contributed by atoms with van der Waals surface area (Å²) in [6.07, 6.45) is 4.99. The first-order chi connectivity index (χ1) is 9.06. The zero-order valence-electron chi connectivity index (χ0n) is 11.6. The summed E-state index contributed by atoms with van der Waals surface area (Å²) in [5.41, 5.74) is 0. The molecule has 1 saturated carbocycles. The molecule has 19 heavy (non-hydrogen) atoms. The van der Waals surface area contributed by atoms with Crippen LogP contribution in [0, 0.1) is 5.92 Å². The summed E-state index contributed by atoms with van der Waals surface area (Å²) in [4.78, 5) is 24.4. The largest absolute Gasteiger partial charge is 0.481 e. The molecule has 2 aliphatic rings. The summed E-state index contributed by atoms with van der Waals surface area (Å²) >= 11 is 0.